The third kappa shape index (κ3) is 4.47. The van der Waals surface area contributed by atoms with Crippen LogP contribution in [0.1, 0.15) is 37.0 Å². The van der Waals surface area contributed by atoms with Gasteiger partial charge in [-0.2, -0.15) is 4.98 Å². The number of carbonyl (C=O) groups excluding carboxylic acids is 1. The number of nitrogens with zero attached hydrogens (tertiary/aromatic N) is 3. The first-order valence-corrected chi connectivity index (χ1v) is 8.78. The van der Waals surface area contributed by atoms with Crippen molar-refractivity contribution < 1.29 is 9.53 Å². The molecule has 0 spiro atoms. The molecule has 1 aromatic carbocycles. The molecule has 0 unspecified atom stereocenters. The van der Waals surface area contributed by atoms with Gasteiger partial charge in [0.05, 0.1) is 12.2 Å². The summed E-state index contributed by atoms with van der Waals surface area (Å²) >= 11 is 0. The first-order chi connectivity index (χ1) is 12.2. The summed E-state index contributed by atoms with van der Waals surface area (Å²) in [5.74, 6) is 1.98. The second kappa shape index (κ2) is 7.96. The van der Waals surface area contributed by atoms with E-state index in [9.17, 15) is 4.79 Å². The quantitative estimate of drug-likeness (QED) is 0.838. The summed E-state index contributed by atoms with van der Waals surface area (Å²) in [5, 5.41) is 3.19. The van der Waals surface area contributed by atoms with Crippen LogP contribution in [0.25, 0.3) is 0 Å². The number of rotatable bonds is 5. The summed E-state index contributed by atoms with van der Waals surface area (Å²) in [6, 6.07) is 9.06. The summed E-state index contributed by atoms with van der Waals surface area (Å²) in [5.41, 5.74) is 1.36. The molecule has 0 amide bonds. The van der Waals surface area contributed by atoms with Crippen LogP contribution in [-0.4, -0.2) is 35.6 Å². The van der Waals surface area contributed by atoms with E-state index < -0.39 is 0 Å². The zero-order valence-corrected chi connectivity index (χ0v) is 14.7. The number of piperidine rings is 1. The maximum Gasteiger partial charge on any atom is 0.338 e. The molecule has 1 N–H and O–H groups in total. The molecule has 0 saturated carbocycles. The van der Waals surface area contributed by atoms with Gasteiger partial charge < -0.3 is 15.0 Å². The van der Waals surface area contributed by atoms with Crippen molar-refractivity contribution in [3.05, 3.63) is 42.1 Å². The lowest BCUT2D eigenvalue weighted by molar-refractivity contribution is 0.0526. The average molecular weight is 340 g/mol. The molecule has 1 aliphatic rings. The summed E-state index contributed by atoms with van der Waals surface area (Å²) in [6.07, 6.45) is 4.17. The fraction of sp³-hybridized carbons (Fsp3) is 0.421. The normalized spacial score (nSPS) is 15.0. The SMILES string of the molecule is CCOC(=O)c1ccc(Nc2nccc(N3CCC(C)CC3)n2)cc1. The van der Waals surface area contributed by atoms with Crippen molar-refractivity contribution in [2.75, 3.05) is 29.9 Å². The highest BCUT2D eigenvalue weighted by atomic mass is 16.5. The molecule has 25 heavy (non-hydrogen) atoms. The van der Waals surface area contributed by atoms with E-state index >= 15 is 0 Å². The van der Waals surface area contributed by atoms with Gasteiger partial charge in [-0.05, 0) is 56.0 Å². The number of anilines is 3. The molecule has 6 heteroatoms. The van der Waals surface area contributed by atoms with E-state index in [1.807, 2.05) is 18.2 Å². The molecule has 132 valence electrons. The Morgan fingerprint density at radius 2 is 1.96 bits per heavy atom. The Kier molecular flexibility index (Phi) is 5.48. The lowest BCUT2D eigenvalue weighted by Gasteiger charge is -2.31. The van der Waals surface area contributed by atoms with Crippen molar-refractivity contribution in [1.82, 2.24) is 9.97 Å². The largest absolute Gasteiger partial charge is 0.462 e. The Hall–Kier alpha value is -2.63. The Morgan fingerprint density at radius 3 is 2.64 bits per heavy atom. The summed E-state index contributed by atoms with van der Waals surface area (Å²) in [7, 11) is 0. The van der Waals surface area contributed by atoms with E-state index in [1.165, 1.54) is 12.8 Å². The molecular weight excluding hydrogens is 316 g/mol. The van der Waals surface area contributed by atoms with Gasteiger partial charge >= 0.3 is 5.97 Å². The minimum atomic E-state index is -0.313. The standard InChI is InChI=1S/C19H24N4O2/c1-3-25-18(24)15-4-6-16(7-5-15)21-19-20-11-8-17(22-19)23-12-9-14(2)10-13-23/h4-8,11,14H,3,9-10,12-13H2,1-2H3,(H,20,21,22). The third-order valence-corrected chi connectivity index (χ3v) is 4.40. The molecule has 0 bridgehead atoms. The highest BCUT2D eigenvalue weighted by molar-refractivity contribution is 5.89. The van der Waals surface area contributed by atoms with Crippen molar-refractivity contribution in [1.29, 1.82) is 0 Å². The van der Waals surface area contributed by atoms with E-state index in [-0.39, 0.29) is 5.97 Å². The predicted molar refractivity (Wildman–Crippen MR) is 98.3 cm³/mol. The number of hydrogen-bond donors (Lipinski definition) is 1. The van der Waals surface area contributed by atoms with Gasteiger partial charge in [-0.25, -0.2) is 9.78 Å². The zero-order chi connectivity index (χ0) is 17.6. The van der Waals surface area contributed by atoms with Gasteiger partial charge in [0, 0.05) is 25.0 Å². The van der Waals surface area contributed by atoms with Crippen LogP contribution in [0.5, 0.6) is 0 Å². The van der Waals surface area contributed by atoms with Crippen LogP contribution in [0.3, 0.4) is 0 Å². The smallest absolute Gasteiger partial charge is 0.338 e. The van der Waals surface area contributed by atoms with Crippen LogP contribution in [0.2, 0.25) is 0 Å². The molecule has 0 aliphatic carbocycles. The molecule has 1 aromatic heterocycles. The van der Waals surface area contributed by atoms with Gasteiger partial charge in [0.1, 0.15) is 5.82 Å². The number of nitrogens with one attached hydrogen (secondary N) is 1. The lowest BCUT2D eigenvalue weighted by atomic mass is 9.99. The Balaban J connectivity index is 1.67. The highest BCUT2D eigenvalue weighted by Crippen LogP contribution is 2.22. The third-order valence-electron chi connectivity index (χ3n) is 4.40. The monoisotopic (exact) mass is 340 g/mol. The molecule has 1 aliphatic heterocycles. The van der Waals surface area contributed by atoms with E-state index in [2.05, 4.69) is 27.1 Å². The van der Waals surface area contributed by atoms with Crippen molar-refractivity contribution >= 4 is 23.4 Å². The van der Waals surface area contributed by atoms with Crippen molar-refractivity contribution in [2.45, 2.75) is 26.7 Å². The number of ether oxygens (including phenoxy) is 1. The van der Waals surface area contributed by atoms with Gasteiger partial charge in [0.2, 0.25) is 5.95 Å². The topological polar surface area (TPSA) is 67.3 Å². The fourth-order valence-electron chi connectivity index (χ4n) is 2.86. The van der Waals surface area contributed by atoms with Crippen LogP contribution in [0, 0.1) is 5.92 Å². The second-order valence-electron chi connectivity index (χ2n) is 6.33. The second-order valence-corrected chi connectivity index (χ2v) is 6.33. The summed E-state index contributed by atoms with van der Waals surface area (Å²) in [6.45, 7) is 6.53. The molecule has 3 rings (SSSR count). The molecule has 1 fully saturated rings. The first-order valence-electron chi connectivity index (χ1n) is 8.78. The molecule has 6 nitrogen and oxygen atoms in total. The maximum atomic E-state index is 11.7. The van der Waals surface area contributed by atoms with Gasteiger partial charge in [-0.3, -0.25) is 0 Å². The number of aromatic nitrogens is 2. The van der Waals surface area contributed by atoms with E-state index in [1.54, 1.807) is 25.3 Å². The van der Waals surface area contributed by atoms with E-state index in [4.69, 9.17) is 4.74 Å². The Morgan fingerprint density at radius 1 is 1.24 bits per heavy atom. The Labute approximate surface area is 148 Å². The molecular formula is C19H24N4O2. The molecule has 2 aromatic rings. The predicted octanol–water partition coefficient (Wildman–Crippen LogP) is 3.63. The summed E-state index contributed by atoms with van der Waals surface area (Å²) in [4.78, 5) is 22.9. The zero-order valence-electron chi connectivity index (χ0n) is 14.7. The minimum Gasteiger partial charge on any atom is -0.462 e. The van der Waals surface area contributed by atoms with Crippen LogP contribution in [-0.2, 0) is 4.74 Å². The van der Waals surface area contributed by atoms with Crippen LogP contribution in [0.4, 0.5) is 17.5 Å². The molecule has 0 atom stereocenters. The molecule has 2 heterocycles. The van der Waals surface area contributed by atoms with Crippen LogP contribution >= 0.6 is 0 Å². The van der Waals surface area contributed by atoms with Crippen molar-refractivity contribution in [3.8, 4) is 0 Å². The van der Waals surface area contributed by atoms with Crippen molar-refractivity contribution in [2.24, 2.45) is 5.92 Å². The van der Waals surface area contributed by atoms with Gasteiger partial charge in [-0.15, -0.1) is 0 Å². The minimum absolute atomic E-state index is 0.313. The maximum absolute atomic E-state index is 11.7. The highest BCUT2D eigenvalue weighted by Gasteiger charge is 2.17. The number of esters is 1. The number of benzene rings is 1. The molecule has 0 radical (unpaired) electrons. The van der Waals surface area contributed by atoms with E-state index in [0.717, 1.165) is 30.5 Å². The van der Waals surface area contributed by atoms with E-state index in [0.29, 0.717) is 18.1 Å². The number of carbonyl (C=O) groups is 1. The van der Waals surface area contributed by atoms with Gasteiger partial charge in [0.25, 0.3) is 0 Å². The fourth-order valence-corrected chi connectivity index (χ4v) is 2.86. The van der Waals surface area contributed by atoms with Crippen LogP contribution in [0.15, 0.2) is 36.5 Å². The molecule has 1 saturated heterocycles. The van der Waals surface area contributed by atoms with Gasteiger partial charge in [-0.1, -0.05) is 6.92 Å². The number of hydrogen-bond acceptors (Lipinski definition) is 6. The van der Waals surface area contributed by atoms with Crippen molar-refractivity contribution in [3.63, 3.8) is 0 Å². The summed E-state index contributed by atoms with van der Waals surface area (Å²) < 4.78 is 4.99. The Bertz CT molecular complexity index is 710. The van der Waals surface area contributed by atoms with Gasteiger partial charge in [0.15, 0.2) is 0 Å². The average Bonchev–Trinajstić information content (AvgIpc) is 2.63. The lowest BCUT2D eigenvalue weighted by Crippen LogP contribution is -2.33. The first kappa shape index (κ1) is 17.2. The van der Waals surface area contributed by atoms with Crippen LogP contribution < -0.4 is 10.2 Å².